The van der Waals surface area contributed by atoms with E-state index in [0.717, 1.165) is 17.7 Å². The molecule has 1 aliphatic heterocycles. The average Bonchev–Trinajstić information content (AvgIpc) is 3.20. The molecule has 0 unspecified atom stereocenters. The number of carbonyl (C=O) groups excluding carboxylic acids is 2. The van der Waals surface area contributed by atoms with Crippen molar-refractivity contribution in [2.75, 3.05) is 13.1 Å². The van der Waals surface area contributed by atoms with Crippen LogP contribution in [-0.4, -0.2) is 41.0 Å². The van der Waals surface area contributed by atoms with Crippen LogP contribution in [0.25, 0.3) is 0 Å². The van der Waals surface area contributed by atoms with Gasteiger partial charge in [-0.2, -0.15) is 0 Å². The summed E-state index contributed by atoms with van der Waals surface area (Å²) in [4.78, 5) is 26.1. The number of aromatic nitrogens is 1. The van der Waals surface area contributed by atoms with Gasteiger partial charge >= 0.3 is 0 Å². The second-order valence-corrected chi connectivity index (χ2v) is 6.57. The number of rotatable bonds is 6. The van der Waals surface area contributed by atoms with E-state index >= 15 is 0 Å². The number of aryl methyl sites for hydroxylation is 1. The maximum atomic E-state index is 12.2. The second kappa shape index (κ2) is 7.70. The normalized spacial score (nSPS) is 17.1. The van der Waals surface area contributed by atoms with Crippen LogP contribution in [-0.2, 0) is 17.6 Å². The number of halogens is 1. The predicted molar refractivity (Wildman–Crippen MR) is 93.5 cm³/mol. The summed E-state index contributed by atoms with van der Waals surface area (Å²) in [7, 11) is 0. The van der Waals surface area contributed by atoms with E-state index in [1.54, 1.807) is 11.0 Å². The Kier molecular flexibility index (Phi) is 5.38. The van der Waals surface area contributed by atoms with Gasteiger partial charge in [0.1, 0.15) is 0 Å². The van der Waals surface area contributed by atoms with Crippen molar-refractivity contribution in [1.29, 1.82) is 0 Å². The third kappa shape index (κ3) is 4.39. The summed E-state index contributed by atoms with van der Waals surface area (Å²) in [5.74, 6) is -0.109. The van der Waals surface area contributed by atoms with Gasteiger partial charge in [0.25, 0.3) is 5.91 Å². The number of benzene rings is 1. The Hall–Kier alpha value is -2.34. The molecule has 0 spiro atoms. The van der Waals surface area contributed by atoms with E-state index in [1.807, 2.05) is 31.2 Å². The molecular formula is C18H20ClN3O3. The predicted octanol–water partition coefficient (Wildman–Crippen LogP) is 2.46. The maximum absolute atomic E-state index is 12.2. The highest BCUT2D eigenvalue weighted by Crippen LogP contribution is 2.15. The fraction of sp³-hybridized carbons (Fsp3) is 0.389. The van der Waals surface area contributed by atoms with Gasteiger partial charge in [0.2, 0.25) is 11.7 Å². The third-order valence-electron chi connectivity index (χ3n) is 4.25. The second-order valence-electron chi connectivity index (χ2n) is 6.13. The van der Waals surface area contributed by atoms with E-state index in [1.165, 1.54) is 0 Å². The summed E-state index contributed by atoms with van der Waals surface area (Å²) in [6.07, 6.45) is 1.74. The van der Waals surface area contributed by atoms with E-state index in [-0.39, 0.29) is 23.6 Å². The number of hydrogen-bond acceptors (Lipinski definition) is 4. The highest BCUT2D eigenvalue weighted by Gasteiger charge is 2.31. The van der Waals surface area contributed by atoms with Gasteiger partial charge in [-0.3, -0.25) is 9.59 Å². The topological polar surface area (TPSA) is 75.4 Å². The standard InChI is InChI=1S/C18H20ClN3O3/c1-2-14-9-16(25-21-14)18(24)20-15-10-17(23)22(11-15)7-6-12-4-3-5-13(19)8-12/h3-5,8-9,15H,2,6-7,10-11H2,1H3,(H,20,24)/t15-/m1/s1. The minimum Gasteiger partial charge on any atom is -0.351 e. The summed E-state index contributed by atoms with van der Waals surface area (Å²) < 4.78 is 5.02. The van der Waals surface area contributed by atoms with E-state index < -0.39 is 0 Å². The van der Waals surface area contributed by atoms with Crippen molar-refractivity contribution in [2.45, 2.75) is 32.2 Å². The Bertz CT molecular complexity index is 774. The van der Waals surface area contributed by atoms with E-state index in [4.69, 9.17) is 16.1 Å². The SMILES string of the molecule is CCc1cc(C(=O)N[C@@H]2CC(=O)N(CCc3cccc(Cl)c3)C2)on1. The van der Waals surface area contributed by atoms with Crippen LogP contribution in [0.15, 0.2) is 34.9 Å². The lowest BCUT2D eigenvalue weighted by Crippen LogP contribution is -2.37. The average molecular weight is 362 g/mol. The first-order valence-corrected chi connectivity index (χ1v) is 8.71. The number of nitrogens with zero attached hydrogens (tertiary/aromatic N) is 2. The first-order valence-electron chi connectivity index (χ1n) is 8.34. The number of likely N-dealkylation sites (tertiary alicyclic amines) is 1. The molecule has 132 valence electrons. The lowest BCUT2D eigenvalue weighted by atomic mass is 10.1. The van der Waals surface area contributed by atoms with E-state index in [2.05, 4.69) is 10.5 Å². The summed E-state index contributed by atoms with van der Waals surface area (Å²) in [6, 6.07) is 9.02. The van der Waals surface area contributed by atoms with Crippen molar-refractivity contribution in [3.8, 4) is 0 Å². The fourth-order valence-corrected chi connectivity index (χ4v) is 3.10. The fourth-order valence-electron chi connectivity index (χ4n) is 2.88. The molecule has 1 N–H and O–H groups in total. The molecular weight excluding hydrogens is 342 g/mol. The Morgan fingerprint density at radius 2 is 2.28 bits per heavy atom. The molecule has 3 rings (SSSR count). The lowest BCUT2D eigenvalue weighted by Gasteiger charge is -2.17. The Balaban J connectivity index is 1.52. The Morgan fingerprint density at radius 3 is 3.00 bits per heavy atom. The van der Waals surface area contributed by atoms with E-state index in [0.29, 0.717) is 31.0 Å². The molecule has 0 bridgehead atoms. The molecule has 1 aliphatic rings. The molecule has 1 fully saturated rings. The van der Waals surface area contributed by atoms with Gasteiger partial charge in [0.15, 0.2) is 0 Å². The maximum Gasteiger partial charge on any atom is 0.290 e. The largest absolute Gasteiger partial charge is 0.351 e. The molecule has 1 aromatic carbocycles. The van der Waals surface area contributed by atoms with Gasteiger partial charge in [0.05, 0.1) is 11.7 Å². The van der Waals surface area contributed by atoms with Gasteiger partial charge in [-0.05, 0) is 30.5 Å². The zero-order valence-electron chi connectivity index (χ0n) is 14.0. The van der Waals surface area contributed by atoms with Gasteiger partial charge in [-0.25, -0.2) is 0 Å². The number of nitrogens with one attached hydrogen (secondary N) is 1. The van der Waals surface area contributed by atoms with Crippen LogP contribution in [0.4, 0.5) is 0 Å². The van der Waals surface area contributed by atoms with Gasteiger partial charge in [-0.1, -0.05) is 35.8 Å². The minimum atomic E-state index is -0.332. The van der Waals surface area contributed by atoms with Gasteiger partial charge in [-0.15, -0.1) is 0 Å². The molecule has 0 aliphatic carbocycles. The molecule has 2 aromatic rings. The van der Waals surface area contributed by atoms with E-state index in [9.17, 15) is 9.59 Å². The first kappa shape index (κ1) is 17.5. The molecule has 7 heteroatoms. The minimum absolute atomic E-state index is 0.0409. The summed E-state index contributed by atoms with van der Waals surface area (Å²) in [5, 5.41) is 7.34. The number of amides is 2. The van der Waals surface area contributed by atoms with Crippen molar-refractivity contribution in [3.05, 3.63) is 52.4 Å². The molecule has 2 amide bonds. The molecule has 6 nitrogen and oxygen atoms in total. The van der Waals surface area contributed by atoms with Crippen LogP contribution in [0, 0.1) is 0 Å². The molecule has 25 heavy (non-hydrogen) atoms. The van der Waals surface area contributed by atoms with Crippen LogP contribution in [0.1, 0.15) is 35.2 Å². The zero-order chi connectivity index (χ0) is 17.8. The molecule has 0 saturated carbocycles. The number of hydrogen-bond donors (Lipinski definition) is 1. The first-order chi connectivity index (χ1) is 12.0. The smallest absolute Gasteiger partial charge is 0.290 e. The summed E-state index contributed by atoms with van der Waals surface area (Å²) in [5.41, 5.74) is 1.82. The summed E-state index contributed by atoms with van der Waals surface area (Å²) in [6.45, 7) is 3.04. The Labute approximate surface area is 151 Å². The van der Waals surface area contributed by atoms with Gasteiger partial charge in [0, 0.05) is 30.6 Å². The van der Waals surface area contributed by atoms with Crippen LogP contribution in [0.2, 0.25) is 5.02 Å². The summed E-state index contributed by atoms with van der Waals surface area (Å²) >= 11 is 5.98. The molecule has 0 radical (unpaired) electrons. The number of carbonyl (C=O) groups is 2. The lowest BCUT2D eigenvalue weighted by molar-refractivity contribution is -0.127. The monoisotopic (exact) mass is 361 g/mol. The highest BCUT2D eigenvalue weighted by atomic mass is 35.5. The van der Waals surface area contributed by atoms with Crippen molar-refractivity contribution in [3.63, 3.8) is 0 Å². The van der Waals surface area contributed by atoms with Crippen molar-refractivity contribution in [1.82, 2.24) is 15.4 Å². The Morgan fingerprint density at radius 1 is 1.44 bits per heavy atom. The zero-order valence-corrected chi connectivity index (χ0v) is 14.8. The van der Waals surface area contributed by atoms with Crippen LogP contribution < -0.4 is 5.32 Å². The molecule has 1 aromatic heterocycles. The molecule has 1 saturated heterocycles. The molecule has 2 heterocycles. The van der Waals surface area contributed by atoms with Crippen LogP contribution >= 0.6 is 11.6 Å². The van der Waals surface area contributed by atoms with Gasteiger partial charge < -0.3 is 14.7 Å². The van der Waals surface area contributed by atoms with Crippen molar-refractivity contribution >= 4 is 23.4 Å². The highest BCUT2D eigenvalue weighted by molar-refractivity contribution is 6.30. The van der Waals surface area contributed by atoms with Crippen molar-refractivity contribution < 1.29 is 14.1 Å². The van der Waals surface area contributed by atoms with Crippen LogP contribution in [0.5, 0.6) is 0 Å². The quantitative estimate of drug-likeness (QED) is 0.857. The molecule has 1 atom stereocenters. The van der Waals surface area contributed by atoms with Crippen molar-refractivity contribution in [2.24, 2.45) is 0 Å². The van der Waals surface area contributed by atoms with Crippen LogP contribution in [0.3, 0.4) is 0 Å². The third-order valence-corrected chi connectivity index (χ3v) is 4.49.